The Balaban J connectivity index is -0.000000233. The molecule has 0 spiro atoms. The molecule has 0 bridgehead atoms. The van der Waals surface area contributed by atoms with Gasteiger partial charge in [0, 0.05) is 0 Å². The van der Waals surface area contributed by atoms with Gasteiger partial charge in [-0.2, -0.15) is 0 Å². The Bertz CT molecular complexity index is 353. The molecule has 0 fully saturated rings. The fourth-order valence-corrected chi connectivity index (χ4v) is 0.882. The molecule has 0 unspecified atom stereocenters. The Morgan fingerprint density at radius 2 is 0.789 bits per heavy atom. The van der Waals surface area contributed by atoms with Crippen LogP contribution < -0.4 is 24.8 Å². The summed E-state index contributed by atoms with van der Waals surface area (Å²) >= 11 is 0. The summed E-state index contributed by atoms with van der Waals surface area (Å²) in [6.45, 7) is 0. The Labute approximate surface area is 141 Å². The van der Waals surface area contributed by atoms with E-state index in [1.165, 1.54) is 48.5 Å². The Morgan fingerprint density at radius 3 is 0.947 bits per heavy atom. The van der Waals surface area contributed by atoms with Crippen LogP contribution in [0.15, 0.2) is 48.5 Å². The van der Waals surface area contributed by atoms with E-state index in [2.05, 4.69) is 0 Å². The van der Waals surface area contributed by atoms with Gasteiger partial charge in [-0.15, -0.1) is 0 Å². The van der Waals surface area contributed by atoms with Crippen LogP contribution in [-0.2, 0) is 26.2 Å². The fraction of sp³-hybridized carbons (Fsp3) is 0. The van der Waals surface area contributed by atoms with Crippen molar-refractivity contribution in [2.75, 3.05) is 0 Å². The largest absolute Gasteiger partial charge is 2.00 e. The number of hydrogen-bond donors (Lipinski definition) is 2. The summed E-state index contributed by atoms with van der Waals surface area (Å²) < 4.78 is 24.0. The van der Waals surface area contributed by atoms with Gasteiger partial charge in [0.2, 0.25) is 0 Å². The second-order valence-electron chi connectivity index (χ2n) is 2.95. The van der Waals surface area contributed by atoms with Crippen LogP contribution in [0, 0.1) is 11.6 Å². The van der Waals surface area contributed by atoms with Crippen molar-refractivity contribution in [1.29, 1.82) is 0 Å². The Kier molecular flexibility index (Phi) is 15.3. The maximum absolute atomic E-state index is 12.0. The zero-order chi connectivity index (χ0) is 12.0. The molecule has 7 heteroatoms. The number of halogens is 4. The SMILES string of the molecule is Oc1ccc(F)cc1.Oc1ccc(F)cc1.[Cl-].[Cl-].[Zr+2]. The summed E-state index contributed by atoms with van der Waals surface area (Å²) in [7, 11) is 0. The number of phenolic OH excluding ortho intramolecular Hbond substituents is 2. The van der Waals surface area contributed by atoms with E-state index in [0.717, 1.165) is 0 Å². The van der Waals surface area contributed by atoms with Gasteiger partial charge in [-0.3, -0.25) is 0 Å². The van der Waals surface area contributed by atoms with Crippen LogP contribution in [0.5, 0.6) is 11.5 Å². The summed E-state index contributed by atoms with van der Waals surface area (Å²) in [4.78, 5) is 0. The molecular weight excluding hydrogens is 376 g/mol. The van der Waals surface area contributed by atoms with Crippen molar-refractivity contribution >= 4 is 0 Å². The maximum atomic E-state index is 12.0. The Hall–Kier alpha value is -0.637. The van der Waals surface area contributed by atoms with E-state index >= 15 is 0 Å². The van der Waals surface area contributed by atoms with E-state index in [4.69, 9.17) is 10.2 Å². The average Bonchev–Trinajstić information content (AvgIpc) is 2.28. The van der Waals surface area contributed by atoms with Crippen LogP contribution >= 0.6 is 0 Å². The van der Waals surface area contributed by atoms with E-state index in [-0.39, 0.29) is 74.2 Å². The van der Waals surface area contributed by atoms with Crippen molar-refractivity contribution in [3.63, 3.8) is 0 Å². The molecule has 0 aliphatic rings. The molecule has 0 saturated heterocycles. The van der Waals surface area contributed by atoms with Crippen LogP contribution in [0.25, 0.3) is 0 Å². The summed E-state index contributed by atoms with van der Waals surface area (Å²) in [5.41, 5.74) is 0. The molecule has 0 aliphatic carbocycles. The smallest absolute Gasteiger partial charge is 1.00 e. The summed E-state index contributed by atoms with van der Waals surface area (Å²) in [6.07, 6.45) is 0. The van der Waals surface area contributed by atoms with E-state index < -0.39 is 0 Å². The molecule has 2 aromatic carbocycles. The molecule has 0 radical (unpaired) electrons. The molecule has 0 saturated carbocycles. The third-order valence-electron chi connectivity index (χ3n) is 1.65. The minimum Gasteiger partial charge on any atom is -1.00 e. The quantitative estimate of drug-likeness (QED) is 0.509. The second-order valence-corrected chi connectivity index (χ2v) is 2.95. The van der Waals surface area contributed by atoms with Crippen molar-refractivity contribution in [2.24, 2.45) is 0 Å². The zero-order valence-corrected chi connectivity index (χ0v) is 13.5. The van der Waals surface area contributed by atoms with E-state index in [1.54, 1.807) is 0 Å². The van der Waals surface area contributed by atoms with Gasteiger partial charge in [0.1, 0.15) is 23.1 Å². The first kappa shape index (κ1) is 23.5. The maximum Gasteiger partial charge on any atom is 2.00 e. The molecule has 2 N–H and O–H groups in total. The predicted molar refractivity (Wildman–Crippen MR) is 56.1 cm³/mol. The number of aromatic hydroxyl groups is 2. The van der Waals surface area contributed by atoms with Gasteiger partial charge >= 0.3 is 26.2 Å². The van der Waals surface area contributed by atoms with Gasteiger partial charge in [0.15, 0.2) is 0 Å². The van der Waals surface area contributed by atoms with Gasteiger partial charge in [0.25, 0.3) is 0 Å². The first-order valence-electron chi connectivity index (χ1n) is 4.47. The molecule has 0 amide bonds. The molecule has 0 aliphatic heterocycles. The molecular formula is C12H10Cl2F2O2Zr. The topological polar surface area (TPSA) is 40.5 Å². The van der Waals surface area contributed by atoms with Gasteiger partial charge in [0.05, 0.1) is 0 Å². The first-order chi connectivity index (χ1) is 7.58. The molecule has 19 heavy (non-hydrogen) atoms. The van der Waals surface area contributed by atoms with E-state index in [9.17, 15) is 8.78 Å². The van der Waals surface area contributed by atoms with Crippen molar-refractivity contribution < 1.29 is 70.0 Å². The van der Waals surface area contributed by atoms with Gasteiger partial charge < -0.3 is 35.0 Å². The molecule has 0 aromatic heterocycles. The third-order valence-corrected chi connectivity index (χ3v) is 1.65. The summed E-state index contributed by atoms with van der Waals surface area (Å²) in [5.74, 6) is -0.483. The van der Waals surface area contributed by atoms with Crippen LogP contribution in [0.4, 0.5) is 8.78 Å². The monoisotopic (exact) mass is 384 g/mol. The molecule has 0 atom stereocenters. The van der Waals surface area contributed by atoms with Crippen molar-refractivity contribution in [3.05, 3.63) is 60.2 Å². The summed E-state index contributed by atoms with van der Waals surface area (Å²) in [5, 5.41) is 17.2. The fourth-order valence-electron chi connectivity index (χ4n) is 0.882. The molecule has 2 aromatic rings. The summed E-state index contributed by atoms with van der Waals surface area (Å²) in [6, 6.07) is 10.0. The van der Waals surface area contributed by atoms with Gasteiger partial charge in [-0.05, 0) is 48.5 Å². The molecule has 2 rings (SSSR count). The number of rotatable bonds is 0. The average molecular weight is 386 g/mol. The van der Waals surface area contributed by atoms with Gasteiger partial charge in [-0.1, -0.05) is 0 Å². The zero-order valence-electron chi connectivity index (χ0n) is 9.53. The van der Waals surface area contributed by atoms with Crippen molar-refractivity contribution in [2.45, 2.75) is 0 Å². The number of benzene rings is 2. The van der Waals surface area contributed by atoms with E-state index in [0.29, 0.717) is 0 Å². The molecule has 0 heterocycles. The van der Waals surface area contributed by atoms with Crippen molar-refractivity contribution in [1.82, 2.24) is 0 Å². The standard InChI is InChI=1S/2C6H5FO.2ClH.Zr/c2*7-5-1-3-6(8)4-2-5;;;/h2*1-4,8H;2*1H;/q;;;;+2/p-2. The predicted octanol–water partition coefficient (Wildman–Crippen LogP) is -2.93. The number of phenols is 2. The third kappa shape index (κ3) is 10.9. The van der Waals surface area contributed by atoms with Gasteiger partial charge in [-0.25, -0.2) is 8.78 Å². The van der Waals surface area contributed by atoms with E-state index in [1.807, 2.05) is 0 Å². The minimum atomic E-state index is -0.331. The van der Waals surface area contributed by atoms with Crippen molar-refractivity contribution in [3.8, 4) is 11.5 Å². The van der Waals surface area contributed by atoms with Crippen LogP contribution in [-0.4, -0.2) is 10.2 Å². The molecule has 2 nitrogen and oxygen atoms in total. The number of hydrogen-bond acceptors (Lipinski definition) is 2. The van der Waals surface area contributed by atoms with Crippen LogP contribution in [0.2, 0.25) is 0 Å². The Morgan fingerprint density at radius 1 is 0.579 bits per heavy atom. The van der Waals surface area contributed by atoms with Crippen LogP contribution in [0.3, 0.4) is 0 Å². The normalized spacial score (nSPS) is 7.68. The first-order valence-corrected chi connectivity index (χ1v) is 4.47. The molecule has 102 valence electrons. The second kappa shape index (κ2) is 12.4. The van der Waals surface area contributed by atoms with Crippen LogP contribution in [0.1, 0.15) is 0 Å². The minimum absolute atomic E-state index is 0.